The molecule has 2 fully saturated rings. The maximum Gasteiger partial charge on any atom is 0.311 e. The van der Waals surface area contributed by atoms with Gasteiger partial charge in [0.2, 0.25) is 5.91 Å². The molecule has 0 atom stereocenters. The molecule has 2 aliphatic heterocycles. The van der Waals surface area contributed by atoms with Crippen LogP contribution < -0.4 is 10.1 Å². The first-order valence-corrected chi connectivity index (χ1v) is 14.6. The van der Waals surface area contributed by atoms with Crippen LogP contribution in [0.2, 0.25) is 0 Å². The first-order valence-electron chi connectivity index (χ1n) is 14.6. The second-order valence-electron chi connectivity index (χ2n) is 11.5. The Labute approximate surface area is 238 Å². The number of hydrogen-bond acceptors (Lipinski definition) is 7. The average Bonchev–Trinajstić information content (AvgIpc) is 2.95. The van der Waals surface area contributed by atoms with E-state index in [0.29, 0.717) is 19.6 Å². The van der Waals surface area contributed by atoms with Gasteiger partial charge in [0.1, 0.15) is 0 Å². The molecule has 1 N–H and O–H groups in total. The number of piperidine rings is 2. The number of carbonyl (C=O) groups is 1. The number of nitrogens with one attached hydrogen (secondary N) is 1. The van der Waals surface area contributed by atoms with Gasteiger partial charge in [0, 0.05) is 63.0 Å². The number of ether oxygens (including phenoxy) is 2. The number of carbonyl (C=O) groups excluding carboxylic acids is 1. The lowest BCUT2D eigenvalue weighted by Crippen LogP contribution is -2.44. The van der Waals surface area contributed by atoms with Crippen LogP contribution in [0.5, 0.6) is 5.75 Å². The topological polar surface area (TPSA) is 97.2 Å². The number of nitro benzene ring substituents is 1. The normalized spacial score (nSPS) is 17.2. The molecule has 0 unspecified atom stereocenters. The summed E-state index contributed by atoms with van der Waals surface area (Å²) in [5.74, 6) is 0.780. The zero-order chi connectivity index (χ0) is 28.5. The monoisotopic (exact) mass is 552 g/mol. The van der Waals surface area contributed by atoms with Crippen LogP contribution in [0.15, 0.2) is 42.5 Å². The number of benzene rings is 2. The van der Waals surface area contributed by atoms with E-state index < -0.39 is 4.92 Å². The predicted molar refractivity (Wildman–Crippen MR) is 157 cm³/mol. The molecule has 218 valence electrons. The van der Waals surface area contributed by atoms with Gasteiger partial charge in [-0.15, -0.1) is 0 Å². The molecule has 2 saturated heterocycles. The van der Waals surface area contributed by atoms with Gasteiger partial charge in [0.25, 0.3) is 0 Å². The van der Waals surface area contributed by atoms with Crippen LogP contribution in [0.1, 0.15) is 57.1 Å². The summed E-state index contributed by atoms with van der Waals surface area (Å²) in [6.07, 6.45) is 4.52. The Morgan fingerprint density at radius 1 is 1.05 bits per heavy atom. The number of nitrogens with zero attached hydrogens (tertiary/aromatic N) is 3. The Bertz CT molecular complexity index is 1110. The van der Waals surface area contributed by atoms with Crippen LogP contribution in [-0.2, 0) is 16.1 Å². The van der Waals surface area contributed by atoms with Gasteiger partial charge in [-0.05, 0) is 50.2 Å². The van der Waals surface area contributed by atoms with Gasteiger partial charge >= 0.3 is 5.69 Å². The first kappa shape index (κ1) is 29.8. The molecule has 0 bridgehead atoms. The molecule has 2 aromatic rings. The predicted octanol–water partition coefficient (Wildman–Crippen LogP) is 5.41. The van der Waals surface area contributed by atoms with Crippen molar-refractivity contribution in [2.45, 2.75) is 71.6 Å². The van der Waals surface area contributed by atoms with Crippen molar-refractivity contribution in [1.82, 2.24) is 9.80 Å². The molecule has 0 spiro atoms. The van der Waals surface area contributed by atoms with Crippen molar-refractivity contribution in [3.05, 3.63) is 63.7 Å². The fourth-order valence-corrected chi connectivity index (χ4v) is 5.25. The third-order valence-electron chi connectivity index (χ3n) is 7.73. The highest BCUT2D eigenvalue weighted by Crippen LogP contribution is 2.31. The maximum atomic E-state index is 12.9. The van der Waals surface area contributed by atoms with Crippen LogP contribution in [0.4, 0.5) is 11.4 Å². The highest BCUT2D eigenvalue weighted by atomic mass is 16.6. The second-order valence-corrected chi connectivity index (χ2v) is 11.5. The van der Waals surface area contributed by atoms with Crippen molar-refractivity contribution >= 4 is 17.3 Å². The Morgan fingerprint density at radius 2 is 1.75 bits per heavy atom. The fourth-order valence-electron chi connectivity index (χ4n) is 5.25. The Morgan fingerprint density at radius 3 is 2.40 bits per heavy atom. The van der Waals surface area contributed by atoms with Gasteiger partial charge in [-0.25, -0.2) is 0 Å². The van der Waals surface area contributed by atoms with Crippen LogP contribution in [0.25, 0.3) is 0 Å². The minimum Gasteiger partial charge on any atom is -0.486 e. The van der Waals surface area contributed by atoms with Gasteiger partial charge in [-0.1, -0.05) is 43.7 Å². The molecule has 9 nitrogen and oxygen atoms in total. The first-order chi connectivity index (χ1) is 19.3. The van der Waals surface area contributed by atoms with Crippen LogP contribution >= 0.6 is 0 Å². The number of anilines is 1. The van der Waals surface area contributed by atoms with Crippen LogP contribution in [0.3, 0.4) is 0 Å². The lowest BCUT2D eigenvalue weighted by Gasteiger charge is -2.34. The molecule has 40 heavy (non-hydrogen) atoms. The lowest BCUT2D eigenvalue weighted by atomic mass is 10.0. The molecule has 9 heteroatoms. The summed E-state index contributed by atoms with van der Waals surface area (Å²) in [7, 11) is 0. The molecule has 2 aromatic carbocycles. The smallest absolute Gasteiger partial charge is 0.311 e. The third-order valence-corrected chi connectivity index (χ3v) is 7.73. The molecule has 2 aliphatic rings. The van der Waals surface area contributed by atoms with E-state index in [1.54, 1.807) is 12.1 Å². The lowest BCUT2D eigenvalue weighted by molar-refractivity contribution is -0.385. The Balaban J connectivity index is 1.14. The van der Waals surface area contributed by atoms with Gasteiger partial charge in [-0.3, -0.25) is 14.9 Å². The van der Waals surface area contributed by atoms with Crippen molar-refractivity contribution in [1.29, 1.82) is 0 Å². The fraction of sp³-hybridized carbons (Fsp3) is 0.581. The van der Waals surface area contributed by atoms with Crippen molar-refractivity contribution in [2.75, 3.05) is 44.6 Å². The minimum absolute atomic E-state index is 0.0226. The van der Waals surface area contributed by atoms with Crippen LogP contribution in [0, 0.1) is 23.0 Å². The molecule has 0 saturated carbocycles. The molecule has 0 aliphatic carbocycles. The number of aryl methyl sites for hydroxylation is 1. The average molecular weight is 553 g/mol. The molecular weight excluding hydrogens is 508 g/mol. The van der Waals surface area contributed by atoms with Crippen molar-refractivity contribution in [2.24, 2.45) is 5.92 Å². The molecule has 0 aromatic heterocycles. The summed E-state index contributed by atoms with van der Waals surface area (Å²) in [6, 6.07) is 13.7. The number of nitro groups is 1. The van der Waals surface area contributed by atoms with Gasteiger partial charge in [0.15, 0.2) is 5.75 Å². The Hall–Kier alpha value is -3.17. The molecular formula is C31H44N4O5. The van der Waals surface area contributed by atoms with Gasteiger partial charge in [-0.2, -0.15) is 0 Å². The van der Waals surface area contributed by atoms with E-state index in [9.17, 15) is 14.9 Å². The van der Waals surface area contributed by atoms with E-state index >= 15 is 0 Å². The van der Waals surface area contributed by atoms with Gasteiger partial charge < -0.3 is 24.6 Å². The summed E-state index contributed by atoms with van der Waals surface area (Å²) >= 11 is 0. The third kappa shape index (κ3) is 8.93. The molecule has 1 amide bonds. The summed E-state index contributed by atoms with van der Waals surface area (Å²) < 4.78 is 11.8. The number of likely N-dealkylation sites (tertiary alicyclic amines) is 2. The number of hydrogen-bond donors (Lipinski definition) is 1. The van der Waals surface area contributed by atoms with E-state index in [2.05, 4.69) is 41.4 Å². The number of rotatable bonds is 12. The summed E-state index contributed by atoms with van der Waals surface area (Å²) in [6.45, 7) is 11.4. The molecule has 4 rings (SSSR count). The minimum atomic E-state index is -0.411. The SMILES string of the molecule is Cc1ccc(COC2CCN(CCC(=O)N3CCC(Nc4ccc([N+](=O)[O-])c(OCC(C)C)c4)CC3)CC2)cc1. The van der Waals surface area contributed by atoms with E-state index in [-0.39, 0.29) is 35.4 Å². The van der Waals surface area contributed by atoms with E-state index in [1.165, 1.54) is 17.2 Å². The van der Waals surface area contributed by atoms with Crippen molar-refractivity contribution in [3.63, 3.8) is 0 Å². The molecule has 2 heterocycles. The largest absolute Gasteiger partial charge is 0.486 e. The maximum absolute atomic E-state index is 12.9. The Kier molecular flexibility index (Phi) is 10.8. The number of amides is 1. The van der Waals surface area contributed by atoms with E-state index in [1.807, 2.05) is 18.7 Å². The standard InChI is InChI=1S/C31H44N4O5/c1-23(2)21-40-30-20-27(8-9-29(30)35(37)38)32-26-10-18-34(19-11-26)31(36)14-17-33-15-12-28(13-16-33)39-22-25-6-4-24(3)5-7-25/h4-9,20,23,26,28,32H,10-19,21-22H2,1-3H3. The van der Waals surface area contributed by atoms with Crippen LogP contribution in [-0.4, -0.2) is 72.1 Å². The van der Waals surface area contributed by atoms with Crippen molar-refractivity contribution < 1.29 is 19.2 Å². The second kappa shape index (κ2) is 14.5. The highest BCUT2D eigenvalue weighted by molar-refractivity contribution is 5.76. The zero-order valence-electron chi connectivity index (χ0n) is 24.1. The van der Waals surface area contributed by atoms with Gasteiger partial charge in [0.05, 0.1) is 24.2 Å². The van der Waals surface area contributed by atoms with E-state index in [0.717, 1.165) is 64.1 Å². The zero-order valence-corrected chi connectivity index (χ0v) is 24.1. The molecule has 0 radical (unpaired) electrons. The highest BCUT2D eigenvalue weighted by Gasteiger charge is 2.25. The summed E-state index contributed by atoms with van der Waals surface area (Å²) in [4.78, 5) is 28.2. The quantitative estimate of drug-likeness (QED) is 0.278. The van der Waals surface area contributed by atoms with Crippen molar-refractivity contribution in [3.8, 4) is 5.75 Å². The van der Waals surface area contributed by atoms with E-state index in [4.69, 9.17) is 9.47 Å². The summed E-state index contributed by atoms with van der Waals surface area (Å²) in [5, 5.41) is 14.9. The summed E-state index contributed by atoms with van der Waals surface area (Å²) in [5.41, 5.74) is 3.26.